The minimum absolute atomic E-state index is 0.812. The zero-order valence-electron chi connectivity index (χ0n) is 17.8. The number of aliphatic imine (C=N–C) groups is 1. The Hall–Kier alpha value is -2.77. The molecule has 0 atom stereocenters. The number of methoxy groups -OCH3 is 1. The number of aromatic nitrogens is 3. The number of rotatable bonds is 8. The molecule has 0 radical (unpaired) electrons. The SMILES string of the molecule is CCCN=C(NCCn1cnnc1CC)N1CCN(c2ccc(OC)cc2)CC1. The van der Waals surface area contributed by atoms with Crippen LogP contribution in [0.1, 0.15) is 26.1 Å². The van der Waals surface area contributed by atoms with Crippen LogP contribution in [0.3, 0.4) is 0 Å². The lowest BCUT2D eigenvalue weighted by Crippen LogP contribution is -2.53. The Morgan fingerprint density at radius 1 is 1.14 bits per heavy atom. The second kappa shape index (κ2) is 10.7. The Balaban J connectivity index is 1.54. The highest BCUT2D eigenvalue weighted by molar-refractivity contribution is 5.80. The quantitative estimate of drug-likeness (QED) is 0.541. The van der Waals surface area contributed by atoms with Gasteiger partial charge in [0.05, 0.1) is 7.11 Å². The van der Waals surface area contributed by atoms with E-state index in [0.29, 0.717) is 0 Å². The molecule has 0 spiro atoms. The molecule has 1 fully saturated rings. The lowest BCUT2D eigenvalue weighted by molar-refractivity contribution is 0.370. The molecule has 1 aromatic heterocycles. The van der Waals surface area contributed by atoms with Crippen LogP contribution in [0, 0.1) is 0 Å². The Morgan fingerprint density at radius 3 is 2.55 bits per heavy atom. The molecule has 1 aliphatic heterocycles. The smallest absolute Gasteiger partial charge is 0.194 e. The van der Waals surface area contributed by atoms with Crippen molar-refractivity contribution >= 4 is 11.6 Å². The van der Waals surface area contributed by atoms with Gasteiger partial charge in [-0.2, -0.15) is 0 Å². The molecule has 158 valence electrons. The van der Waals surface area contributed by atoms with Crippen LogP contribution in [0.15, 0.2) is 35.6 Å². The highest BCUT2D eigenvalue weighted by Crippen LogP contribution is 2.20. The lowest BCUT2D eigenvalue weighted by atomic mass is 10.2. The van der Waals surface area contributed by atoms with Crippen LogP contribution in [0.5, 0.6) is 5.75 Å². The first kappa shape index (κ1) is 21.0. The standard InChI is InChI=1S/C21H33N7O/c1-4-10-22-21(23-11-12-28-17-24-25-20(28)5-2)27-15-13-26(14-16-27)18-6-8-19(29-3)9-7-18/h6-9,17H,4-5,10-16H2,1-3H3,(H,22,23). The van der Waals surface area contributed by atoms with Crippen molar-refractivity contribution in [2.24, 2.45) is 4.99 Å². The van der Waals surface area contributed by atoms with Crippen molar-refractivity contribution in [1.29, 1.82) is 0 Å². The molecule has 0 bridgehead atoms. The number of nitrogens with one attached hydrogen (secondary N) is 1. The van der Waals surface area contributed by atoms with E-state index in [1.807, 2.05) is 12.1 Å². The molecule has 0 saturated carbocycles. The summed E-state index contributed by atoms with van der Waals surface area (Å²) in [5, 5.41) is 11.7. The zero-order chi connectivity index (χ0) is 20.5. The monoisotopic (exact) mass is 399 g/mol. The number of anilines is 1. The van der Waals surface area contributed by atoms with Gasteiger partial charge in [0.2, 0.25) is 0 Å². The number of guanidine groups is 1. The maximum absolute atomic E-state index is 5.26. The van der Waals surface area contributed by atoms with Crippen molar-refractivity contribution < 1.29 is 4.74 Å². The molecule has 1 aromatic carbocycles. The van der Waals surface area contributed by atoms with Gasteiger partial charge in [-0.15, -0.1) is 10.2 Å². The minimum Gasteiger partial charge on any atom is -0.497 e. The third kappa shape index (κ3) is 5.62. The number of benzene rings is 1. The largest absolute Gasteiger partial charge is 0.497 e. The van der Waals surface area contributed by atoms with E-state index in [4.69, 9.17) is 9.73 Å². The first-order valence-corrected chi connectivity index (χ1v) is 10.5. The number of nitrogens with zero attached hydrogens (tertiary/aromatic N) is 6. The van der Waals surface area contributed by atoms with Crippen molar-refractivity contribution in [2.75, 3.05) is 51.3 Å². The van der Waals surface area contributed by atoms with Crippen molar-refractivity contribution in [1.82, 2.24) is 25.0 Å². The summed E-state index contributed by atoms with van der Waals surface area (Å²) in [6.45, 7) is 10.6. The van der Waals surface area contributed by atoms with E-state index in [-0.39, 0.29) is 0 Å². The fourth-order valence-electron chi connectivity index (χ4n) is 3.48. The van der Waals surface area contributed by atoms with Gasteiger partial charge in [0.25, 0.3) is 0 Å². The third-order valence-electron chi connectivity index (χ3n) is 5.15. The summed E-state index contributed by atoms with van der Waals surface area (Å²) in [7, 11) is 1.70. The van der Waals surface area contributed by atoms with Gasteiger partial charge in [-0.25, -0.2) is 0 Å². The predicted octanol–water partition coefficient (Wildman–Crippen LogP) is 2.03. The highest BCUT2D eigenvalue weighted by atomic mass is 16.5. The lowest BCUT2D eigenvalue weighted by Gasteiger charge is -2.37. The second-order valence-electron chi connectivity index (χ2n) is 7.10. The van der Waals surface area contributed by atoms with Crippen LogP contribution >= 0.6 is 0 Å². The topological polar surface area (TPSA) is 70.8 Å². The Bertz CT molecular complexity index is 764. The van der Waals surface area contributed by atoms with E-state index in [1.54, 1.807) is 13.4 Å². The molecular formula is C21H33N7O. The Kier molecular flexibility index (Phi) is 7.72. The van der Waals surface area contributed by atoms with E-state index < -0.39 is 0 Å². The number of piperazine rings is 1. The van der Waals surface area contributed by atoms with Crippen molar-refractivity contribution in [3.63, 3.8) is 0 Å². The summed E-state index contributed by atoms with van der Waals surface area (Å²) in [4.78, 5) is 9.58. The van der Waals surface area contributed by atoms with Crippen molar-refractivity contribution in [3.05, 3.63) is 36.4 Å². The van der Waals surface area contributed by atoms with Gasteiger partial charge in [0.15, 0.2) is 5.96 Å². The van der Waals surface area contributed by atoms with Gasteiger partial charge >= 0.3 is 0 Å². The van der Waals surface area contributed by atoms with E-state index in [1.165, 1.54) is 5.69 Å². The van der Waals surface area contributed by atoms with Crippen LogP contribution in [0.2, 0.25) is 0 Å². The molecule has 3 rings (SSSR count). The van der Waals surface area contributed by atoms with Crippen LogP contribution in [0.4, 0.5) is 5.69 Å². The number of hydrogen-bond acceptors (Lipinski definition) is 5. The van der Waals surface area contributed by atoms with Crippen LogP contribution in [-0.2, 0) is 13.0 Å². The molecule has 2 heterocycles. The first-order valence-electron chi connectivity index (χ1n) is 10.5. The maximum Gasteiger partial charge on any atom is 0.194 e. The highest BCUT2D eigenvalue weighted by Gasteiger charge is 2.20. The summed E-state index contributed by atoms with van der Waals surface area (Å²) in [5.41, 5.74) is 1.24. The summed E-state index contributed by atoms with van der Waals surface area (Å²) < 4.78 is 7.36. The number of aryl methyl sites for hydroxylation is 1. The molecule has 1 saturated heterocycles. The molecule has 0 unspecified atom stereocenters. The molecule has 1 aliphatic rings. The fourth-order valence-corrected chi connectivity index (χ4v) is 3.48. The molecule has 8 heteroatoms. The van der Waals surface area contributed by atoms with E-state index in [2.05, 4.69) is 55.9 Å². The van der Waals surface area contributed by atoms with Crippen molar-refractivity contribution in [2.45, 2.75) is 33.2 Å². The molecule has 29 heavy (non-hydrogen) atoms. The van der Waals surface area contributed by atoms with Gasteiger partial charge in [0.1, 0.15) is 17.9 Å². The predicted molar refractivity (Wildman–Crippen MR) is 117 cm³/mol. The van der Waals surface area contributed by atoms with Crippen molar-refractivity contribution in [3.8, 4) is 5.75 Å². The van der Waals surface area contributed by atoms with Crippen LogP contribution < -0.4 is 15.0 Å². The van der Waals surface area contributed by atoms with Gasteiger partial charge in [0, 0.05) is 57.9 Å². The maximum atomic E-state index is 5.26. The second-order valence-corrected chi connectivity index (χ2v) is 7.10. The van der Waals surface area contributed by atoms with E-state index >= 15 is 0 Å². The number of ether oxygens (including phenoxy) is 1. The first-order chi connectivity index (χ1) is 14.2. The third-order valence-corrected chi connectivity index (χ3v) is 5.15. The van der Waals surface area contributed by atoms with Gasteiger partial charge in [-0.05, 0) is 30.7 Å². The molecule has 0 amide bonds. The van der Waals surface area contributed by atoms with E-state index in [0.717, 1.165) is 76.2 Å². The molecule has 1 N–H and O–H groups in total. The molecule has 8 nitrogen and oxygen atoms in total. The molecule has 0 aliphatic carbocycles. The Labute approximate surface area is 173 Å². The Morgan fingerprint density at radius 2 is 1.90 bits per heavy atom. The van der Waals surface area contributed by atoms with Crippen LogP contribution in [0.25, 0.3) is 0 Å². The summed E-state index contributed by atoms with van der Waals surface area (Å²) in [6, 6.07) is 8.30. The van der Waals surface area contributed by atoms with Gasteiger partial charge in [-0.1, -0.05) is 13.8 Å². The summed E-state index contributed by atoms with van der Waals surface area (Å²) in [5.74, 6) is 2.92. The van der Waals surface area contributed by atoms with Crippen LogP contribution in [-0.4, -0.2) is 72.0 Å². The average molecular weight is 400 g/mol. The molecular weight excluding hydrogens is 366 g/mol. The average Bonchev–Trinajstić information content (AvgIpc) is 3.24. The fraction of sp³-hybridized carbons (Fsp3) is 0.571. The number of hydrogen-bond donors (Lipinski definition) is 1. The van der Waals surface area contributed by atoms with Gasteiger partial charge < -0.3 is 24.4 Å². The summed E-state index contributed by atoms with van der Waals surface area (Å²) >= 11 is 0. The molecule has 2 aromatic rings. The minimum atomic E-state index is 0.812. The summed E-state index contributed by atoms with van der Waals surface area (Å²) in [6.07, 6.45) is 3.74. The van der Waals surface area contributed by atoms with Gasteiger partial charge in [-0.3, -0.25) is 4.99 Å². The zero-order valence-corrected chi connectivity index (χ0v) is 17.8. The normalized spacial score (nSPS) is 14.9. The van der Waals surface area contributed by atoms with E-state index in [9.17, 15) is 0 Å².